The summed E-state index contributed by atoms with van der Waals surface area (Å²) in [5, 5.41) is 0. The fourth-order valence-electron chi connectivity index (χ4n) is 2.19. The van der Waals surface area contributed by atoms with E-state index in [4.69, 9.17) is 0 Å². The molecule has 0 aliphatic heterocycles. The SMILES string of the molecule is CC(=O)CCC1CC(=O)CCC1(C)C. The van der Waals surface area contributed by atoms with E-state index >= 15 is 0 Å². The van der Waals surface area contributed by atoms with E-state index in [0.717, 1.165) is 19.3 Å². The number of hydrogen-bond acceptors (Lipinski definition) is 2. The van der Waals surface area contributed by atoms with Crippen molar-refractivity contribution >= 4 is 11.6 Å². The van der Waals surface area contributed by atoms with Gasteiger partial charge < -0.3 is 4.79 Å². The zero-order valence-electron chi connectivity index (χ0n) is 9.43. The molecular weight excluding hydrogens is 176 g/mol. The van der Waals surface area contributed by atoms with Gasteiger partial charge in [-0.3, -0.25) is 4.79 Å². The van der Waals surface area contributed by atoms with Gasteiger partial charge in [-0.1, -0.05) is 13.8 Å². The lowest BCUT2D eigenvalue weighted by Gasteiger charge is -2.37. The maximum Gasteiger partial charge on any atom is 0.133 e. The molecule has 0 radical (unpaired) electrons. The van der Waals surface area contributed by atoms with Crippen LogP contribution in [0.5, 0.6) is 0 Å². The molecule has 0 bridgehead atoms. The molecule has 1 atom stereocenters. The average Bonchev–Trinajstić information content (AvgIpc) is 2.07. The zero-order chi connectivity index (χ0) is 10.8. The van der Waals surface area contributed by atoms with Gasteiger partial charge in [0.15, 0.2) is 0 Å². The molecule has 1 saturated carbocycles. The van der Waals surface area contributed by atoms with Gasteiger partial charge in [-0.25, -0.2) is 0 Å². The lowest BCUT2D eigenvalue weighted by Crippen LogP contribution is -2.32. The predicted molar refractivity (Wildman–Crippen MR) is 56.0 cm³/mol. The van der Waals surface area contributed by atoms with E-state index in [9.17, 15) is 9.59 Å². The van der Waals surface area contributed by atoms with Gasteiger partial charge in [-0.2, -0.15) is 0 Å². The Bertz CT molecular complexity index is 241. The molecule has 1 aliphatic carbocycles. The number of Topliss-reactive ketones (excluding diaryl/α,β-unsaturated/α-hetero) is 2. The van der Waals surface area contributed by atoms with Crippen LogP contribution in [0.4, 0.5) is 0 Å². The van der Waals surface area contributed by atoms with E-state index in [1.165, 1.54) is 0 Å². The van der Waals surface area contributed by atoms with Crippen LogP contribution in [0, 0.1) is 11.3 Å². The Balaban J connectivity index is 2.54. The summed E-state index contributed by atoms with van der Waals surface area (Å²) in [6.07, 6.45) is 3.90. The molecule has 0 spiro atoms. The number of carbonyl (C=O) groups is 2. The van der Waals surface area contributed by atoms with Gasteiger partial charge in [-0.05, 0) is 31.1 Å². The van der Waals surface area contributed by atoms with Crippen LogP contribution in [0.1, 0.15) is 52.9 Å². The monoisotopic (exact) mass is 196 g/mol. The molecule has 0 amide bonds. The van der Waals surface area contributed by atoms with Crippen LogP contribution in [0.15, 0.2) is 0 Å². The summed E-state index contributed by atoms with van der Waals surface area (Å²) >= 11 is 0. The van der Waals surface area contributed by atoms with Crippen LogP contribution in [0.3, 0.4) is 0 Å². The molecule has 0 aromatic carbocycles. The second-order valence-corrected chi connectivity index (χ2v) is 5.17. The van der Waals surface area contributed by atoms with Crippen molar-refractivity contribution in [1.82, 2.24) is 0 Å². The van der Waals surface area contributed by atoms with Gasteiger partial charge >= 0.3 is 0 Å². The summed E-state index contributed by atoms with van der Waals surface area (Å²) in [4.78, 5) is 22.2. The molecule has 1 aliphatic rings. The first kappa shape index (κ1) is 11.4. The van der Waals surface area contributed by atoms with Crippen LogP contribution >= 0.6 is 0 Å². The van der Waals surface area contributed by atoms with Crippen molar-refractivity contribution in [2.75, 3.05) is 0 Å². The molecule has 1 rings (SSSR count). The van der Waals surface area contributed by atoms with Crippen molar-refractivity contribution in [3.8, 4) is 0 Å². The molecule has 1 unspecified atom stereocenters. The summed E-state index contributed by atoms with van der Waals surface area (Å²) in [5.41, 5.74) is 0.239. The molecule has 80 valence electrons. The molecule has 0 aromatic heterocycles. The summed E-state index contributed by atoms with van der Waals surface area (Å²) in [5.74, 6) is 1.02. The fourth-order valence-corrected chi connectivity index (χ4v) is 2.19. The van der Waals surface area contributed by atoms with Gasteiger partial charge in [0.25, 0.3) is 0 Å². The highest BCUT2D eigenvalue weighted by atomic mass is 16.1. The first-order chi connectivity index (χ1) is 6.42. The maximum absolute atomic E-state index is 11.3. The third-order valence-electron chi connectivity index (χ3n) is 3.47. The van der Waals surface area contributed by atoms with Crippen molar-refractivity contribution < 1.29 is 9.59 Å². The fraction of sp³-hybridized carbons (Fsp3) is 0.833. The van der Waals surface area contributed by atoms with Crippen molar-refractivity contribution in [2.45, 2.75) is 52.9 Å². The van der Waals surface area contributed by atoms with Gasteiger partial charge in [0.2, 0.25) is 0 Å². The van der Waals surface area contributed by atoms with E-state index in [-0.39, 0.29) is 11.2 Å². The summed E-state index contributed by atoms with van der Waals surface area (Å²) < 4.78 is 0. The topological polar surface area (TPSA) is 34.1 Å². The Hall–Kier alpha value is -0.660. The lowest BCUT2D eigenvalue weighted by molar-refractivity contribution is -0.125. The Labute approximate surface area is 86.1 Å². The highest BCUT2D eigenvalue weighted by Crippen LogP contribution is 2.41. The number of carbonyl (C=O) groups excluding carboxylic acids is 2. The Morgan fingerprint density at radius 2 is 2.14 bits per heavy atom. The first-order valence-corrected chi connectivity index (χ1v) is 5.43. The van der Waals surface area contributed by atoms with Crippen molar-refractivity contribution in [3.63, 3.8) is 0 Å². The van der Waals surface area contributed by atoms with E-state index in [1.807, 2.05) is 0 Å². The summed E-state index contributed by atoms with van der Waals surface area (Å²) in [6, 6.07) is 0. The van der Waals surface area contributed by atoms with E-state index in [1.54, 1.807) is 6.92 Å². The van der Waals surface area contributed by atoms with Gasteiger partial charge in [0.05, 0.1) is 0 Å². The standard InChI is InChI=1S/C12H20O2/c1-9(13)4-5-10-8-11(14)6-7-12(10,2)3/h10H,4-8H2,1-3H3. The number of rotatable bonds is 3. The lowest BCUT2D eigenvalue weighted by atomic mass is 9.67. The average molecular weight is 196 g/mol. The third kappa shape index (κ3) is 2.93. The van der Waals surface area contributed by atoms with Gasteiger partial charge in [-0.15, -0.1) is 0 Å². The first-order valence-electron chi connectivity index (χ1n) is 5.43. The van der Waals surface area contributed by atoms with Gasteiger partial charge in [0.1, 0.15) is 11.6 Å². The molecule has 1 fully saturated rings. The molecular formula is C12H20O2. The second kappa shape index (κ2) is 4.24. The third-order valence-corrected chi connectivity index (χ3v) is 3.47. The minimum absolute atomic E-state index is 0.235. The maximum atomic E-state index is 11.3. The van der Waals surface area contributed by atoms with Crippen molar-refractivity contribution in [3.05, 3.63) is 0 Å². The molecule has 0 N–H and O–H groups in total. The zero-order valence-corrected chi connectivity index (χ0v) is 9.43. The Kier molecular flexibility index (Phi) is 3.46. The second-order valence-electron chi connectivity index (χ2n) is 5.17. The van der Waals surface area contributed by atoms with Crippen molar-refractivity contribution in [2.24, 2.45) is 11.3 Å². The largest absolute Gasteiger partial charge is 0.300 e. The number of ketones is 2. The van der Waals surface area contributed by atoms with Crippen LogP contribution in [0.2, 0.25) is 0 Å². The minimum Gasteiger partial charge on any atom is -0.300 e. The quantitative estimate of drug-likeness (QED) is 0.695. The smallest absolute Gasteiger partial charge is 0.133 e. The van der Waals surface area contributed by atoms with Gasteiger partial charge in [0, 0.05) is 19.3 Å². The molecule has 0 aromatic rings. The molecule has 2 nitrogen and oxygen atoms in total. The highest BCUT2D eigenvalue weighted by Gasteiger charge is 2.35. The summed E-state index contributed by atoms with van der Waals surface area (Å²) in [7, 11) is 0. The Morgan fingerprint density at radius 1 is 1.50 bits per heavy atom. The summed E-state index contributed by atoms with van der Waals surface area (Å²) in [6.45, 7) is 6.05. The van der Waals surface area contributed by atoms with Crippen LogP contribution in [-0.2, 0) is 9.59 Å². The van der Waals surface area contributed by atoms with E-state index in [0.29, 0.717) is 24.5 Å². The van der Waals surface area contributed by atoms with Crippen molar-refractivity contribution in [1.29, 1.82) is 0 Å². The molecule has 14 heavy (non-hydrogen) atoms. The molecule has 0 saturated heterocycles. The van der Waals surface area contributed by atoms with E-state index < -0.39 is 0 Å². The normalized spacial score (nSPS) is 26.2. The predicted octanol–water partition coefficient (Wildman–Crippen LogP) is 2.75. The minimum atomic E-state index is 0.235. The number of hydrogen-bond donors (Lipinski definition) is 0. The van der Waals surface area contributed by atoms with E-state index in [2.05, 4.69) is 13.8 Å². The molecule has 2 heteroatoms. The van der Waals surface area contributed by atoms with Crippen LogP contribution < -0.4 is 0 Å². The highest BCUT2D eigenvalue weighted by molar-refractivity contribution is 5.80. The van der Waals surface area contributed by atoms with Crippen LogP contribution in [-0.4, -0.2) is 11.6 Å². The Morgan fingerprint density at radius 3 is 2.71 bits per heavy atom. The molecule has 0 heterocycles. The van der Waals surface area contributed by atoms with Crippen LogP contribution in [0.25, 0.3) is 0 Å².